The van der Waals surface area contributed by atoms with E-state index in [0.29, 0.717) is 5.82 Å². The minimum atomic E-state index is -4.21. The molecule has 20 heteroatoms. The molecule has 0 amide bonds. The predicted octanol–water partition coefficient (Wildman–Crippen LogP) is 8.58. The Bertz CT molecular complexity index is 1910. The Morgan fingerprint density at radius 1 is 0.755 bits per heavy atom. The van der Waals surface area contributed by atoms with Gasteiger partial charge in [0.25, 0.3) is 0 Å². The van der Waals surface area contributed by atoms with Gasteiger partial charge in [0.05, 0.1) is 41.8 Å². The first-order chi connectivity index (χ1) is 24.5. The van der Waals surface area contributed by atoms with Crippen LogP contribution in [0.15, 0.2) is 48.8 Å². The van der Waals surface area contributed by atoms with Gasteiger partial charge in [-0.05, 0) is 69.7 Å². The van der Waals surface area contributed by atoms with Crippen LogP contribution in [0.1, 0.15) is 73.6 Å². The van der Waals surface area contributed by atoms with Crippen LogP contribution in [0.25, 0.3) is 11.6 Å². The second kappa shape index (κ2) is 16.2. The van der Waals surface area contributed by atoms with Gasteiger partial charge in [0.1, 0.15) is 10.3 Å². The highest BCUT2D eigenvalue weighted by molar-refractivity contribution is 6.32. The number of carbonyl (C=O) groups is 2. The molecule has 0 aromatic carbocycles. The minimum absolute atomic E-state index is 0. The largest absolute Gasteiger partial charge is 0.478 e. The van der Waals surface area contributed by atoms with E-state index in [4.69, 9.17) is 42.5 Å². The number of carboxylic acid groups (broad SMARTS) is 1. The number of alkyl halides is 6. The maximum atomic E-state index is 12.9. The van der Waals surface area contributed by atoms with Gasteiger partial charge >= 0.3 is 24.3 Å². The zero-order valence-electron chi connectivity index (χ0n) is 27.2. The number of rotatable bonds is 13. The van der Waals surface area contributed by atoms with Crippen molar-refractivity contribution in [3.05, 3.63) is 70.2 Å². The Morgan fingerprint density at radius 3 is 1.51 bits per heavy atom. The third-order valence-corrected chi connectivity index (χ3v) is 9.14. The lowest BCUT2D eigenvalue weighted by Crippen LogP contribution is -2.26. The summed E-state index contributed by atoms with van der Waals surface area (Å²) in [6.45, 7) is 1.72. The Balaban J connectivity index is 0.000000233. The number of hydrogen-bond acceptors (Lipinski definition) is 9. The van der Waals surface area contributed by atoms with Gasteiger partial charge in [-0.1, -0.05) is 30.6 Å². The smallest absolute Gasteiger partial charge is 0.394 e. The monoisotopic (exact) mass is 794 g/mol. The molecule has 6 rings (SSSR count). The fraction of sp³-hybridized carbons (Fsp3) is 0.455. The molecule has 2 aliphatic rings. The van der Waals surface area contributed by atoms with Gasteiger partial charge in [-0.3, -0.25) is 0 Å². The summed E-state index contributed by atoms with van der Waals surface area (Å²) in [6.07, 6.45) is -5.03. The quantitative estimate of drug-likeness (QED) is 0.0794. The third-order valence-electron chi connectivity index (χ3n) is 8.56. The second-order valence-corrected chi connectivity index (χ2v) is 12.7. The SMILES string of the molecule is C.CCOC(=O)c1ccc(-n2ccc(OCCC3(C(F)(F)F)CC3)n2)nc1Cl.O=C(O)c1ccc(-n2ccc(OCCC3(C(F)(F)F)CC3)n2)nc1Cl. The second-order valence-electron chi connectivity index (χ2n) is 12.0. The van der Waals surface area contributed by atoms with E-state index < -0.39 is 35.1 Å². The van der Waals surface area contributed by atoms with Crippen LogP contribution in [-0.2, 0) is 4.74 Å². The lowest BCUT2D eigenvalue weighted by molar-refractivity contribution is -0.190. The van der Waals surface area contributed by atoms with Crippen molar-refractivity contribution in [2.24, 2.45) is 10.8 Å². The van der Waals surface area contributed by atoms with Crippen LogP contribution in [0, 0.1) is 10.8 Å². The number of ether oxygens (including phenoxy) is 3. The van der Waals surface area contributed by atoms with Gasteiger partial charge in [0.15, 0.2) is 11.6 Å². The molecule has 0 bridgehead atoms. The van der Waals surface area contributed by atoms with Gasteiger partial charge in [0, 0.05) is 24.5 Å². The molecule has 4 aromatic rings. The molecule has 4 heterocycles. The topological polar surface area (TPSA) is 143 Å². The first-order valence-electron chi connectivity index (χ1n) is 15.7. The van der Waals surface area contributed by atoms with E-state index in [0.717, 1.165) is 0 Å². The summed E-state index contributed by atoms with van der Waals surface area (Å²) in [7, 11) is 0. The molecule has 0 atom stereocenters. The van der Waals surface area contributed by atoms with Crippen molar-refractivity contribution in [2.75, 3.05) is 19.8 Å². The molecule has 0 unspecified atom stereocenters. The van der Waals surface area contributed by atoms with Gasteiger partial charge in [-0.15, -0.1) is 10.2 Å². The lowest BCUT2D eigenvalue weighted by atomic mass is 10.0. The van der Waals surface area contributed by atoms with E-state index in [1.165, 1.54) is 58.2 Å². The highest BCUT2D eigenvalue weighted by atomic mass is 35.5. The molecule has 53 heavy (non-hydrogen) atoms. The average molecular weight is 796 g/mol. The summed E-state index contributed by atoms with van der Waals surface area (Å²) < 4.78 is 95.3. The van der Waals surface area contributed by atoms with Crippen LogP contribution in [0.4, 0.5) is 26.3 Å². The van der Waals surface area contributed by atoms with Crippen LogP contribution in [0.3, 0.4) is 0 Å². The fourth-order valence-electron chi connectivity index (χ4n) is 5.00. The number of pyridine rings is 2. The number of carboxylic acids is 1. The molecule has 2 saturated carbocycles. The van der Waals surface area contributed by atoms with Crippen molar-refractivity contribution >= 4 is 35.1 Å². The van der Waals surface area contributed by atoms with Gasteiger partial charge in [0.2, 0.25) is 11.8 Å². The van der Waals surface area contributed by atoms with Gasteiger partial charge in [-0.2, -0.15) is 26.3 Å². The standard InChI is InChI=1S/C17H17ClF3N3O3.C15H13ClF3N3O3.CH4/c1-2-26-15(25)11-3-4-12(22-14(11)18)24-9-5-13(23-24)27-10-8-16(6-7-16)17(19,20)21;16-12-9(13(23)24)1-2-10(20-12)22-7-3-11(21-22)25-8-6-14(4-5-14)15(17,18)19;/h3-5,9H,2,6-8,10H2,1H3;1-3,7H,4-6,8H2,(H,23,24);1H4. The van der Waals surface area contributed by atoms with E-state index in [1.807, 2.05) is 0 Å². The van der Waals surface area contributed by atoms with E-state index in [-0.39, 0.29) is 105 Å². The van der Waals surface area contributed by atoms with E-state index in [2.05, 4.69) is 20.2 Å². The van der Waals surface area contributed by atoms with Crippen molar-refractivity contribution in [2.45, 2.75) is 65.2 Å². The van der Waals surface area contributed by atoms with Crippen molar-refractivity contribution in [3.8, 4) is 23.4 Å². The first kappa shape index (κ1) is 41.2. The average Bonchev–Trinajstić information content (AvgIpc) is 3.94. The number of hydrogen-bond donors (Lipinski definition) is 1. The molecular weight excluding hydrogens is 761 g/mol. The number of halogens is 8. The molecule has 0 spiro atoms. The molecule has 0 radical (unpaired) electrons. The summed E-state index contributed by atoms with van der Waals surface area (Å²) >= 11 is 11.8. The summed E-state index contributed by atoms with van der Waals surface area (Å²) in [5, 5.41) is 16.8. The molecule has 4 aromatic heterocycles. The Morgan fingerprint density at radius 2 is 1.17 bits per heavy atom. The van der Waals surface area contributed by atoms with Crippen LogP contribution in [0.2, 0.25) is 10.3 Å². The first-order valence-corrected chi connectivity index (χ1v) is 16.5. The summed E-state index contributed by atoms with van der Waals surface area (Å²) in [5.74, 6) is -0.855. The normalized spacial score (nSPS) is 15.3. The summed E-state index contributed by atoms with van der Waals surface area (Å²) in [4.78, 5) is 30.6. The molecular formula is C33H34Cl2F6N6O6. The highest BCUT2D eigenvalue weighted by Crippen LogP contribution is 2.60. The number of aromatic nitrogens is 6. The molecule has 2 fully saturated rings. The van der Waals surface area contributed by atoms with Crippen LogP contribution < -0.4 is 9.47 Å². The Hall–Kier alpha value is -4.58. The molecule has 12 nitrogen and oxygen atoms in total. The Labute approximate surface area is 309 Å². The zero-order valence-corrected chi connectivity index (χ0v) is 28.7. The van der Waals surface area contributed by atoms with E-state index in [9.17, 15) is 35.9 Å². The van der Waals surface area contributed by atoms with Crippen molar-refractivity contribution < 1.29 is 55.2 Å². The third kappa shape index (κ3) is 9.70. The van der Waals surface area contributed by atoms with Crippen molar-refractivity contribution in [1.82, 2.24) is 29.5 Å². The van der Waals surface area contributed by atoms with E-state index >= 15 is 0 Å². The minimum Gasteiger partial charge on any atom is -0.478 e. The highest BCUT2D eigenvalue weighted by Gasteiger charge is 2.63. The van der Waals surface area contributed by atoms with Gasteiger partial charge < -0.3 is 19.3 Å². The lowest BCUT2D eigenvalue weighted by Gasteiger charge is -2.18. The van der Waals surface area contributed by atoms with Crippen LogP contribution >= 0.6 is 23.2 Å². The predicted molar refractivity (Wildman–Crippen MR) is 178 cm³/mol. The Kier molecular flexibility index (Phi) is 12.6. The molecule has 0 aliphatic heterocycles. The number of carbonyl (C=O) groups excluding carboxylic acids is 1. The number of aromatic carboxylic acids is 1. The zero-order chi connectivity index (χ0) is 37.9. The van der Waals surface area contributed by atoms with E-state index in [1.54, 1.807) is 6.92 Å². The van der Waals surface area contributed by atoms with Crippen LogP contribution in [0.5, 0.6) is 11.8 Å². The molecule has 1 N–H and O–H groups in total. The summed E-state index contributed by atoms with van der Waals surface area (Å²) in [6, 6.07) is 8.68. The maximum absolute atomic E-state index is 12.9. The molecule has 288 valence electrons. The summed E-state index contributed by atoms with van der Waals surface area (Å²) in [5.41, 5.74) is -3.23. The van der Waals surface area contributed by atoms with Crippen LogP contribution in [-0.4, -0.2) is 78.7 Å². The van der Waals surface area contributed by atoms with Crippen molar-refractivity contribution in [3.63, 3.8) is 0 Å². The van der Waals surface area contributed by atoms with Crippen molar-refractivity contribution in [1.29, 1.82) is 0 Å². The number of nitrogens with zero attached hydrogens (tertiary/aromatic N) is 6. The van der Waals surface area contributed by atoms with Gasteiger partial charge in [-0.25, -0.2) is 28.9 Å². The fourth-order valence-corrected chi connectivity index (χ4v) is 5.46. The maximum Gasteiger partial charge on any atom is 0.394 e. The number of esters is 1. The molecule has 2 aliphatic carbocycles. The molecule has 0 saturated heterocycles.